The molecular formula is C11H18N2O. The van der Waals surface area contributed by atoms with E-state index in [1.54, 1.807) is 0 Å². The van der Waals surface area contributed by atoms with Crippen LogP contribution >= 0.6 is 0 Å². The molecule has 0 amide bonds. The number of aromatic nitrogens is 1. The highest BCUT2D eigenvalue weighted by atomic mass is 16.5. The van der Waals surface area contributed by atoms with Crippen molar-refractivity contribution in [1.29, 1.82) is 0 Å². The van der Waals surface area contributed by atoms with E-state index in [4.69, 9.17) is 4.74 Å². The fourth-order valence-corrected chi connectivity index (χ4v) is 1.07. The summed E-state index contributed by atoms with van der Waals surface area (Å²) in [7, 11) is 1.86. The van der Waals surface area contributed by atoms with Gasteiger partial charge in [0.1, 0.15) is 5.82 Å². The molecule has 0 radical (unpaired) electrons. The van der Waals surface area contributed by atoms with Gasteiger partial charge in [-0.2, -0.15) is 0 Å². The van der Waals surface area contributed by atoms with Gasteiger partial charge in [-0.3, -0.25) is 0 Å². The van der Waals surface area contributed by atoms with Gasteiger partial charge in [0.2, 0.25) is 0 Å². The first-order valence-electron chi connectivity index (χ1n) is 4.93. The molecule has 0 spiro atoms. The quantitative estimate of drug-likeness (QED) is 0.781. The van der Waals surface area contributed by atoms with Gasteiger partial charge in [-0.05, 0) is 17.5 Å². The summed E-state index contributed by atoms with van der Waals surface area (Å²) in [6.07, 6.45) is 1.84. The zero-order chi connectivity index (χ0) is 10.4. The minimum atomic E-state index is 0.583. The number of hydrogen-bond acceptors (Lipinski definition) is 3. The second kappa shape index (κ2) is 5.60. The molecule has 0 saturated carbocycles. The first-order chi connectivity index (χ1) is 6.72. The molecule has 0 aromatic carbocycles. The molecule has 3 heteroatoms. The van der Waals surface area contributed by atoms with Crippen molar-refractivity contribution < 1.29 is 4.74 Å². The Morgan fingerprint density at radius 3 is 2.71 bits per heavy atom. The molecule has 0 aliphatic rings. The molecule has 0 bridgehead atoms. The van der Waals surface area contributed by atoms with Gasteiger partial charge in [-0.25, -0.2) is 4.98 Å². The van der Waals surface area contributed by atoms with E-state index in [0.717, 1.165) is 18.0 Å². The Hall–Kier alpha value is -1.09. The first kappa shape index (κ1) is 11.0. The maximum absolute atomic E-state index is 5.49. The number of nitrogens with zero attached hydrogens (tertiary/aromatic N) is 1. The van der Waals surface area contributed by atoms with Crippen LogP contribution in [0.3, 0.4) is 0 Å². The lowest BCUT2D eigenvalue weighted by molar-refractivity contribution is 0.0969. The summed E-state index contributed by atoms with van der Waals surface area (Å²) < 4.78 is 5.49. The second-order valence-corrected chi connectivity index (χ2v) is 3.71. The number of hydrogen-bond donors (Lipinski definition) is 1. The van der Waals surface area contributed by atoms with Gasteiger partial charge in [0.15, 0.2) is 0 Å². The molecule has 1 aromatic rings. The minimum absolute atomic E-state index is 0.583. The summed E-state index contributed by atoms with van der Waals surface area (Å²) in [5.41, 5.74) is 1.12. The molecule has 0 saturated heterocycles. The zero-order valence-corrected chi connectivity index (χ0v) is 9.08. The molecule has 1 N–H and O–H groups in total. The highest BCUT2D eigenvalue weighted by Crippen LogP contribution is 2.06. The Kier molecular flexibility index (Phi) is 4.40. The van der Waals surface area contributed by atoms with E-state index in [2.05, 4.69) is 24.1 Å². The minimum Gasteiger partial charge on any atom is -0.376 e. The van der Waals surface area contributed by atoms with Crippen molar-refractivity contribution >= 4 is 5.82 Å². The summed E-state index contributed by atoms with van der Waals surface area (Å²) in [6.45, 7) is 5.73. The summed E-state index contributed by atoms with van der Waals surface area (Å²) in [4.78, 5) is 4.20. The van der Waals surface area contributed by atoms with Gasteiger partial charge < -0.3 is 10.1 Å². The number of ether oxygens (including phenoxy) is 1. The Balaban J connectivity index is 2.36. The van der Waals surface area contributed by atoms with Crippen LogP contribution in [0.4, 0.5) is 5.82 Å². The molecule has 14 heavy (non-hydrogen) atoms. The van der Waals surface area contributed by atoms with Crippen LogP contribution in [0.2, 0.25) is 0 Å². The maximum atomic E-state index is 5.49. The van der Waals surface area contributed by atoms with Crippen LogP contribution in [0.1, 0.15) is 19.4 Å². The molecule has 1 aromatic heterocycles. The lowest BCUT2D eigenvalue weighted by atomic mass is 10.2. The van der Waals surface area contributed by atoms with Gasteiger partial charge in [0, 0.05) is 19.9 Å². The summed E-state index contributed by atoms with van der Waals surface area (Å²) in [6, 6.07) is 3.98. The molecule has 78 valence electrons. The maximum Gasteiger partial charge on any atom is 0.125 e. The fraction of sp³-hybridized carbons (Fsp3) is 0.545. The van der Waals surface area contributed by atoms with E-state index in [9.17, 15) is 0 Å². The van der Waals surface area contributed by atoms with Gasteiger partial charge in [0.05, 0.1) is 6.61 Å². The van der Waals surface area contributed by atoms with E-state index in [0.29, 0.717) is 12.5 Å². The van der Waals surface area contributed by atoms with Crippen LogP contribution in [0, 0.1) is 5.92 Å². The number of pyridine rings is 1. The Bertz CT molecular complexity index is 256. The standard InChI is InChI=1S/C11H18N2O/c1-9(2)7-14-8-10-4-5-11(12-3)13-6-10/h4-6,9H,7-8H2,1-3H3,(H,12,13). The smallest absolute Gasteiger partial charge is 0.125 e. The molecule has 0 atom stereocenters. The zero-order valence-electron chi connectivity index (χ0n) is 9.08. The molecule has 0 fully saturated rings. The van der Waals surface area contributed by atoms with E-state index in [-0.39, 0.29) is 0 Å². The monoisotopic (exact) mass is 194 g/mol. The molecule has 3 nitrogen and oxygen atoms in total. The van der Waals surface area contributed by atoms with Crippen molar-refractivity contribution in [3.8, 4) is 0 Å². The van der Waals surface area contributed by atoms with Crippen LogP contribution < -0.4 is 5.32 Å². The van der Waals surface area contributed by atoms with Crippen LogP contribution in [-0.2, 0) is 11.3 Å². The van der Waals surface area contributed by atoms with E-state index in [1.807, 2.05) is 25.4 Å². The van der Waals surface area contributed by atoms with Crippen LogP contribution in [0.25, 0.3) is 0 Å². The molecule has 1 rings (SSSR count). The van der Waals surface area contributed by atoms with Gasteiger partial charge >= 0.3 is 0 Å². The highest BCUT2D eigenvalue weighted by Gasteiger charge is 1.96. The summed E-state index contributed by atoms with van der Waals surface area (Å²) in [5.74, 6) is 1.47. The SMILES string of the molecule is CNc1ccc(COCC(C)C)cn1. The van der Waals surface area contributed by atoms with Crippen LogP contribution in [0.15, 0.2) is 18.3 Å². The predicted molar refractivity (Wildman–Crippen MR) is 58.3 cm³/mol. The van der Waals surface area contributed by atoms with Crippen LogP contribution in [0.5, 0.6) is 0 Å². The predicted octanol–water partition coefficient (Wildman–Crippen LogP) is 2.30. The van der Waals surface area contributed by atoms with E-state index in [1.165, 1.54) is 0 Å². The second-order valence-electron chi connectivity index (χ2n) is 3.71. The summed E-state index contributed by atoms with van der Waals surface area (Å²) in [5, 5.41) is 2.98. The Morgan fingerprint density at radius 1 is 1.43 bits per heavy atom. The Labute approximate surface area is 85.5 Å². The largest absolute Gasteiger partial charge is 0.376 e. The van der Waals surface area contributed by atoms with Crippen LogP contribution in [-0.4, -0.2) is 18.6 Å². The Morgan fingerprint density at radius 2 is 2.21 bits per heavy atom. The third-order valence-corrected chi connectivity index (χ3v) is 1.80. The molecule has 0 unspecified atom stereocenters. The molecule has 1 heterocycles. The normalized spacial score (nSPS) is 10.6. The number of anilines is 1. The fourth-order valence-electron chi connectivity index (χ4n) is 1.07. The van der Waals surface area contributed by atoms with Crippen molar-refractivity contribution in [2.45, 2.75) is 20.5 Å². The third kappa shape index (κ3) is 3.75. The number of nitrogens with one attached hydrogen (secondary N) is 1. The topological polar surface area (TPSA) is 34.1 Å². The van der Waals surface area contributed by atoms with Crippen molar-refractivity contribution in [1.82, 2.24) is 4.98 Å². The van der Waals surface area contributed by atoms with Crippen molar-refractivity contribution in [3.05, 3.63) is 23.9 Å². The average Bonchev–Trinajstić information content (AvgIpc) is 2.18. The van der Waals surface area contributed by atoms with Crippen molar-refractivity contribution in [2.24, 2.45) is 5.92 Å². The molecular weight excluding hydrogens is 176 g/mol. The third-order valence-electron chi connectivity index (χ3n) is 1.80. The molecule has 0 aliphatic heterocycles. The number of rotatable bonds is 5. The lowest BCUT2D eigenvalue weighted by Gasteiger charge is -2.06. The van der Waals surface area contributed by atoms with Gasteiger partial charge in [0.25, 0.3) is 0 Å². The van der Waals surface area contributed by atoms with Crippen molar-refractivity contribution in [3.63, 3.8) is 0 Å². The lowest BCUT2D eigenvalue weighted by Crippen LogP contribution is -2.02. The van der Waals surface area contributed by atoms with E-state index >= 15 is 0 Å². The van der Waals surface area contributed by atoms with E-state index < -0.39 is 0 Å². The highest BCUT2D eigenvalue weighted by molar-refractivity contribution is 5.34. The first-order valence-corrected chi connectivity index (χ1v) is 4.93. The summed E-state index contributed by atoms with van der Waals surface area (Å²) >= 11 is 0. The molecule has 0 aliphatic carbocycles. The average molecular weight is 194 g/mol. The van der Waals surface area contributed by atoms with Crippen molar-refractivity contribution in [2.75, 3.05) is 19.0 Å². The van der Waals surface area contributed by atoms with Gasteiger partial charge in [-0.1, -0.05) is 19.9 Å². The van der Waals surface area contributed by atoms with Gasteiger partial charge in [-0.15, -0.1) is 0 Å².